The molecule has 0 radical (unpaired) electrons. The van der Waals surface area contributed by atoms with Crippen molar-refractivity contribution in [1.29, 1.82) is 0 Å². The van der Waals surface area contributed by atoms with Crippen LogP contribution in [-0.2, 0) is 9.59 Å². The van der Waals surface area contributed by atoms with E-state index in [1.165, 1.54) is 6.42 Å². The summed E-state index contributed by atoms with van der Waals surface area (Å²) >= 11 is 0. The van der Waals surface area contributed by atoms with Crippen LogP contribution in [0.4, 0.5) is 0 Å². The van der Waals surface area contributed by atoms with Gasteiger partial charge in [0.2, 0.25) is 11.8 Å². The molecule has 2 aliphatic heterocycles. The normalized spacial score (nSPS) is 25.1. The first-order chi connectivity index (χ1) is 8.16. The molecule has 0 spiro atoms. The third-order valence-corrected chi connectivity index (χ3v) is 3.77. The van der Waals surface area contributed by atoms with Crippen LogP contribution in [0.3, 0.4) is 0 Å². The predicted molar refractivity (Wildman–Crippen MR) is 65.4 cm³/mol. The Hall–Kier alpha value is -1.06. The van der Waals surface area contributed by atoms with Crippen LogP contribution in [0.2, 0.25) is 0 Å². The molecule has 0 aromatic carbocycles. The summed E-state index contributed by atoms with van der Waals surface area (Å²) in [6.45, 7) is 5.50. The molecule has 0 aromatic heterocycles. The number of amides is 2. The van der Waals surface area contributed by atoms with Gasteiger partial charge in [0.05, 0.1) is 0 Å². The van der Waals surface area contributed by atoms with Crippen molar-refractivity contribution in [3.8, 4) is 0 Å². The minimum atomic E-state index is 0.0192. The molecule has 1 atom stereocenters. The molecule has 96 valence electrons. The molecule has 17 heavy (non-hydrogen) atoms. The number of nitrogens with zero attached hydrogens (tertiary/aromatic N) is 2. The van der Waals surface area contributed by atoms with Gasteiger partial charge in [-0.1, -0.05) is 6.92 Å². The summed E-state index contributed by atoms with van der Waals surface area (Å²) in [5, 5.41) is 0. The van der Waals surface area contributed by atoms with E-state index in [-0.39, 0.29) is 18.2 Å². The fourth-order valence-corrected chi connectivity index (χ4v) is 2.74. The van der Waals surface area contributed by atoms with Crippen molar-refractivity contribution in [3.63, 3.8) is 0 Å². The number of carbonyl (C=O) groups is 2. The number of piperidine rings is 1. The summed E-state index contributed by atoms with van der Waals surface area (Å²) in [6.07, 6.45) is 4.52. The van der Waals surface area contributed by atoms with Crippen molar-refractivity contribution < 1.29 is 9.59 Å². The predicted octanol–water partition coefficient (Wildman–Crippen LogP) is 1.26. The number of carbonyl (C=O) groups excluding carboxylic acids is 2. The molecule has 0 aliphatic carbocycles. The average molecular weight is 238 g/mol. The van der Waals surface area contributed by atoms with Gasteiger partial charge in [-0.15, -0.1) is 0 Å². The second-order valence-corrected chi connectivity index (χ2v) is 5.35. The summed E-state index contributed by atoms with van der Waals surface area (Å²) < 4.78 is 0. The van der Waals surface area contributed by atoms with Crippen molar-refractivity contribution in [2.45, 2.75) is 39.0 Å². The van der Waals surface area contributed by atoms with Crippen LogP contribution in [0.5, 0.6) is 0 Å². The van der Waals surface area contributed by atoms with E-state index < -0.39 is 0 Å². The Balaban J connectivity index is 1.81. The molecular formula is C13H22N2O2. The van der Waals surface area contributed by atoms with Crippen molar-refractivity contribution in [3.05, 3.63) is 0 Å². The average Bonchev–Trinajstić information content (AvgIpc) is 2.82. The SMILES string of the molecule is CC1CCCN(C(=O)CC(=O)N2CCCC2)C1. The van der Waals surface area contributed by atoms with Gasteiger partial charge in [0.25, 0.3) is 0 Å². The van der Waals surface area contributed by atoms with E-state index in [1.54, 1.807) is 0 Å². The fraction of sp³-hybridized carbons (Fsp3) is 0.846. The van der Waals surface area contributed by atoms with Crippen LogP contribution < -0.4 is 0 Å². The minimum absolute atomic E-state index is 0.0192. The zero-order valence-electron chi connectivity index (χ0n) is 10.7. The van der Waals surface area contributed by atoms with Gasteiger partial charge in [-0.05, 0) is 31.6 Å². The lowest BCUT2D eigenvalue weighted by molar-refractivity contribution is -0.141. The highest BCUT2D eigenvalue weighted by Gasteiger charge is 2.25. The van der Waals surface area contributed by atoms with E-state index in [0.717, 1.165) is 45.4 Å². The Morgan fingerprint density at radius 3 is 2.24 bits per heavy atom. The molecule has 2 amide bonds. The Bertz CT molecular complexity index is 298. The van der Waals surface area contributed by atoms with Gasteiger partial charge in [0.15, 0.2) is 0 Å². The van der Waals surface area contributed by atoms with Crippen LogP contribution in [-0.4, -0.2) is 47.8 Å². The highest BCUT2D eigenvalue weighted by Crippen LogP contribution is 2.17. The van der Waals surface area contributed by atoms with Gasteiger partial charge < -0.3 is 9.80 Å². The summed E-state index contributed by atoms with van der Waals surface area (Å²) in [4.78, 5) is 27.5. The second-order valence-electron chi connectivity index (χ2n) is 5.35. The molecule has 0 aromatic rings. The zero-order valence-corrected chi connectivity index (χ0v) is 10.7. The van der Waals surface area contributed by atoms with Crippen molar-refractivity contribution in [1.82, 2.24) is 9.80 Å². The molecule has 0 bridgehead atoms. The molecule has 2 rings (SSSR count). The summed E-state index contributed by atoms with van der Waals surface area (Å²) in [7, 11) is 0. The molecule has 2 fully saturated rings. The summed E-state index contributed by atoms with van der Waals surface area (Å²) in [5.74, 6) is 0.619. The minimum Gasteiger partial charge on any atom is -0.342 e. The second kappa shape index (κ2) is 5.52. The van der Waals surface area contributed by atoms with E-state index in [1.807, 2.05) is 9.80 Å². The molecule has 2 saturated heterocycles. The maximum absolute atomic E-state index is 12.0. The third-order valence-electron chi connectivity index (χ3n) is 3.77. The number of rotatable bonds is 2. The topological polar surface area (TPSA) is 40.6 Å². The molecule has 1 unspecified atom stereocenters. The number of likely N-dealkylation sites (tertiary alicyclic amines) is 2. The lowest BCUT2D eigenvalue weighted by Crippen LogP contribution is -2.41. The lowest BCUT2D eigenvalue weighted by Gasteiger charge is -2.31. The molecule has 0 N–H and O–H groups in total. The van der Waals surface area contributed by atoms with Gasteiger partial charge in [-0.2, -0.15) is 0 Å². The van der Waals surface area contributed by atoms with Crippen LogP contribution in [0.15, 0.2) is 0 Å². The molecule has 2 heterocycles. The third kappa shape index (κ3) is 3.20. The van der Waals surface area contributed by atoms with Gasteiger partial charge in [0.1, 0.15) is 6.42 Å². The van der Waals surface area contributed by atoms with Crippen LogP contribution in [0.25, 0.3) is 0 Å². The zero-order chi connectivity index (χ0) is 12.3. The summed E-state index contributed by atoms with van der Waals surface area (Å²) in [6, 6.07) is 0. The monoisotopic (exact) mass is 238 g/mol. The Morgan fingerprint density at radius 2 is 1.59 bits per heavy atom. The largest absolute Gasteiger partial charge is 0.342 e. The highest BCUT2D eigenvalue weighted by atomic mass is 16.2. The van der Waals surface area contributed by atoms with Crippen LogP contribution in [0.1, 0.15) is 39.0 Å². The van der Waals surface area contributed by atoms with Gasteiger partial charge in [-0.25, -0.2) is 0 Å². The quantitative estimate of drug-likeness (QED) is 0.679. The van der Waals surface area contributed by atoms with Crippen LogP contribution in [0, 0.1) is 5.92 Å². The Labute approximate surface area is 103 Å². The first-order valence-corrected chi connectivity index (χ1v) is 6.72. The fourth-order valence-electron chi connectivity index (χ4n) is 2.74. The molecule has 4 heteroatoms. The van der Waals surface area contributed by atoms with Crippen molar-refractivity contribution in [2.24, 2.45) is 5.92 Å². The molecular weight excluding hydrogens is 216 g/mol. The Kier molecular flexibility index (Phi) is 4.02. The highest BCUT2D eigenvalue weighted by molar-refractivity contribution is 5.97. The van der Waals surface area contributed by atoms with Gasteiger partial charge in [0, 0.05) is 26.2 Å². The van der Waals surface area contributed by atoms with E-state index in [2.05, 4.69) is 6.92 Å². The summed E-state index contributed by atoms with van der Waals surface area (Å²) in [5.41, 5.74) is 0. The van der Waals surface area contributed by atoms with E-state index >= 15 is 0 Å². The maximum atomic E-state index is 12.0. The van der Waals surface area contributed by atoms with Crippen molar-refractivity contribution in [2.75, 3.05) is 26.2 Å². The first kappa shape index (κ1) is 12.4. The van der Waals surface area contributed by atoms with E-state index in [0.29, 0.717) is 5.92 Å². The smallest absolute Gasteiger partial charge is 0.232 e. The van der Waals surface area contributed by atoms with Gasteiger partial charge >= 0.3 is 0 Å². The van der Waals surface area contributed by atoms with E-state index in [4.69, 9.17) is 0 Å². The van der Waals surface area contributed by atoms with Crippen LogP contribution >= 0.6 is 0 Å². The number of hydrogen-bond donors (Lipinski definition) is 0. The van der Waals surface area contributed by atoms with E-state index in [9.17, 15) is 9.59 Å². The van der Waals surface area contributed by atoms with Crippen molar-refractivity contribution >= 4 is 11.8 Å². The standard InChI is InChI=1S/C13H22N2O2/c1-11-5-4-8-15(10-11)13(17)9-12(16)14-6-2-3-7-14/h11H,2-10H2,1H3. The molecule has 2 aliphatic rings. The Morgan fingerprint density at radius 1 is 1.00 bits per heavy atom. The van der Waals surface area contributed by atoms with Gasteiger partial charge in [-0.3, -0.25) is 9.59 Å². The maximum Gasteiger partial charge on any atom is 0.232 e. The number of hydrogen-bond acceptors (Lipinski definition) is 2. The lowest BCUT2D eigenvalue weighted by atomic mass is 10.00. The first-order valence-electron chi connectivity index (χ1n) is 6.72. The molecule has 4 nitrogen and oxygen atoms in total. The molecule has 0 saturated carbocycles.